The molecule has 0 fully saturated rings. The van der Waals surface area contributed by atoms with Gasteiger partial charge in [0.05, 0.1) is 5.56 Å². The lowest BCUT2D eigenvalue weighted by atomic mass is 10.0. The Balaban J connectivity index is 1.94. The van der Waals surface area contributed by atoms with Crippen LogP contribution in [-0.2, 0) is 11.2 Å². The minimum absolute atomic E-state index is 0.0642. The van der Waals surface area contributed by atoms with Gasteiger partial charge >= 0.3 is 0 Å². The van der Waals surface area contributed by atoms with Gasteiger partial charge in [-0.05, 0) is 37.0 Å². The summed E-state index contributed by atoms with van der Waals surface area (Å²) in [4.78, 5) is 24.8. The van der Waals surface area contributed by atoms with Gasteiger partial charge in [0, 0.05) is 6.54 Å². The van der Waals surface area contributed by atoms with Crippen LogP contribution in [0.3, 0.4) is 0 Å². The highest BCUT2D eigenvalue weighted by Crippen LogP contribution is 2.09. The summed E-state index contributed by atoms with van der Waals surface area (Å²) in [6.45, 7) is 6.18. The first kappa shape index (κ1) is 19.6. The van der Waals surface area contributed by atoms with E-state index in [0.717, 1.165) is 5.56 Å². The van der Waals surface area contributed by atoms with E-state index < -0.39 is 17.8 Å². The van der Waals surface area contributed by atoms with Gasteiger partial charge in [0.1, 0.15) is 11.9 Å². The number of carbonyl (C=O) groups is 2. The molecule has 4 nitrogen and oxygen atoms in total. The van der Waals surface area contributed by atoms with Crippen molar-refractivity contribution in [3.8, 4) is 0 Å². The molecule has 5 heteroatoms. The van der Waals surface area contributed by atoms with E-state index in [4.69, 9.17) is 0 Å². The van der Waals surface area contributed by atoms with Crippen LogP contribution in [0.2, 0.25) is 0 Å². The maximum Gasteiger partial charge on any atom is 0.254 e. The Hall–Kier alpha value is -2.69. The van der Waals surface area contributed by atoms with Gasteiger partial charge in [0.15, 0.2) is 0 Å². The fourth-order valence-electron chi connectivity index (χ4n) is 2.71. The molecule has 138 valence electrons. The van der Waals surface area contributed by atoms with Gasteiger partial charge in [-0.1, -0.05) is 55.8 Å². The second kappa shape index (κ2) is 9.13. The van der Waals surface area contributed by atoms with E-state index in [9.17, 15) is 14.0 Å². The van der Waals surface area contributed by atoms with E-state index in [0.29, 0.717) is 13.0 Å². The van der Waals surface area contributed by atoms with Crippen molar-refractivity contribution in [1.29, 1.82) is 0 Å². The van der Waals surface area contributed by atoms with Crippen LogP contribution in [0.5, 0.6) is 0 Å². The molecule has 26 heavy (non-hydrogen) atoms. The number of benzene rings is 2. The van der Waals surface area contributed by atoms with E-state index in [2.05, 4.69) is 16.7 Å². The van der Waals surface area contributed by atoms with Crippen molar-refractivity contribution in [2.24, 2.45) is 5.92 Å². The van der Waals surface area contributed by atoms with Crippen molar-refractivity contribution >= 4 is 11.8 Å². The molecule has 1 atom stereocenters. The van der Waals surface area contributed by atoms with Crippen LogP contribution in [0.15, 0.2) is 48.5 Å². The predicted octanol–water partition coefficient (Wildman–Crippen LogP) is 3.25. The Morgan fingerprint density at radius 2 is 1.81 bits per heavy atom. The summed E-state index contributed by atoms with van der Waals surface area (Å²) >= 11 is 0. The minimum Gasteiger partial charge on any atom is -0.354 e. The highest BCUT2D eigenvalue weighted by Gasteiger charge is 2.25. The Morgan fingerprint density at radius 3 is 2.46 bits per heavy atom. The zero-order valence-corrected chi connectivity index (χ0v) is 15.4. The molecule has 2 N–H and O–H groups in total. The second-order valence-corrected chi connectivity index (χ2v) is 6.71. The van der Waals surface area contributed by atoms with E-state index in [-0.39, 0.29) is 17.4 Å². The van der Waals surface area contributed by atoms with Gasteiger partial charge in [0.2, 0.25) is 5.91 Å². The molecule has 0 aliphatic heterocycles. The van der Waals surface area contributed by atoms with Crippen LogP contribution in [-0.4, -0.2) is 24.4 Å². The van der Waals surface area contributed by atoms with E-state index >= 15 is 0 Å². The molecule has 0 bridgehead atoms. The summed E-state index contributed by atoms with van der Waals surface area (Å²) < 4.78 is 13.8. The van der Waals surface area contributed by atoms with Gasteiger partial charge in [-0.15, -0.1) is 0 Å². The molecule has 2 aromatic rings. The average molecular weight is 356 g/mol. The zero-order valence-electron chi connectivity index (χ0n) is 15.4. The number of halogens is 1. The molecule has 0 radical (unpaired) electrons. The summed E-state index contributed by atoms with van der Waals surface area (Å²) in [7, 11) is 0. The largest absolute Gasteiger partial charge is 0.354 e. The molecule has 0 aliphatic carbocycles. The normalized spacial score (nSPS) is 11.9. The van der Waals surface area contributed by atoms with Gasteiger partial charge in [-0.3, -0.25) is 9.59 Å². The molecule has 2 amide bonds. The third kappa shape index (κ3) is 5.41. The fourth-order valence-corrected chi connectivity index (χ4v) is 2.71. The topological polar surface area (TPSA) is 58.2 Å². The quantitative estimate of drug-likeness (QED) is 0.800. The number of carbonyl (C=O) groups excluding carboxylic acids is 2. The SMILES string of the molecule is Cc1cccc(CCNC(=O)C(NC(=O)c2ccccc2F)C(C)C)c1. The molecule has 0 saturated carbocycles. The van der Waals surface area contributed by atoms with Gasteiger partial charge < -0.3 is 10.6 Å². The minimum atomic E-state index is -0.723. The average Bonchev–Trinajstić information content (AvgIpc) is 2.59. The molecule has 0 aromatic heterocycles. The highest BCUT2D eigenvalue weighted by molar-refractivity contribution is 5.97. The summed E-state index contributed by atoms with van der Waals surface area (Å²) in [5.74, 6) is -1.58. The molecule has 1 unspecified atom stereocenters. The first-order valence-electron chi connectivity index (χ1n) is 8.77. The number of rotatable bonds is 7. The number of hydrogen-bond acceptors (Lipinski definition) is 2. The molecule has 0 aliphatic rings. The number of nitrogens with one attached hydrogen (secondary N) is 2. The Morgan fingerprint density at radius 1 is 1.08 bits per heavy atom. The van der Waals surface area contributed by atoms with Gasteiger partial charge in [0.25, 0.3) is 5.91 Å². The Bertz CT molecular complexity index is 774. The van der Waals surface area contributed by atoms with Crippen LogP contribution in [0.4, 0.5) is 4.39 Å². The maximum atomic E-state index is 13.8. The third-order valence-corrected chi connectivity index (χ3v) is 4.15. The molecule has 2 aromatic carbocycles. The lowest BCUT2D eigenvalue weighted by Crippen LogP contribution is -2.50. The van der Waals surface area contributed by atoms with E-state index in [1.165, 1.54) is 23.8 Å². The van der Waals surface area contributed by atoms with Crippen LogP contribution in [0.1, 0.15) is 35.3 Å². The fraction of sp³-hybridized carbons (Fsp3) is 0.333. The first-order valence-corrected chi connectivity index (χ1v) is 8.77. The summed E-state index contributed by atoms with van der Waals surface area (Å²) in [6.07, 6.45) is 0.708. The van der Waals surface area contributed by atoms with Crippen LogP contribution >= 0.6 is 0 Å². The lowest BCUT2D eigenvalue weighted by molar-refractivity contribution is -0.123. The maximum absolute atomic E-state index is 13.8. The standard InChI is InChI=1S/C21H25FN2O2/c1-14(2)19(24-20(25)17-9-4-5-10-18(17)22)21(26)23-12-11-16-8-6-7-15(3)13-16/h4-10,13-14,19H,11-12H2,1-3H3,(H,23,26)(H,24,25). The van der Waals surface area contributed by atoms with Crippen LogP contribution in [0, 0.1) is 18.7 Å². The van der Waals surface area contributed by atoms with Crippen molar-refractivity contribution in [2.75, 3.05) is 6.54 Å². The van der Waals surface area contributed by atoms with Gasteiger partial charge in [-0.25, -0.2) is 4.39 Å². The van der Waals surface area contributed by atoms with Gasteiger partial charge in [-0.2, -0.15) is 0 Å². The molecular weight excluding hydrogens is 331 g/mol. The Labute approximate surface area is 153 Å². The summed E-state index contributed by atoms with van der Waals surface area (Å²) in [6, 6.07) is 13.1. The number of aryl methyl sites for hydroxylation is 1. The predicted molar refractivity (Wildman–Crippen MR) is 100 cm³/mol. The monoisotopic (exact) mass is 356 g/mol. The smallest absolute Gasteiger partial charge is 0.254 e. The molecule has 0 spiro atoms. The second-order valence-electron chi connectivity index (χ2n) is 6.71. The van der Waals surface area contributed by atoms with Crippen LogP contribution < -0.4 is 10.6 Å². The number of hydrogen-bond donors (Lipinski definition) is 2. The zero-order chi connectivity index (χ0) is 19.1. The molecule has 0 heterocycles. The Kier molecular flexibility index (Phi) is 6.89. The van der Waals surface area contributed by atoms with Crippen molar-refractivity contribution in [2.45, 2.75) is 33.2 Å². The third-order valence-electron chi connectivity index (χ3n) is 4.15. The lowest BCUT2D eigenvalue weighted by Gasteiger charge is -2.22. The summed E-state index contributed by atoms with van der Waals surface area (Å²) in [5, 5.41) is 5.50. The number of amides is 2. The van der Waals surface area contributed by atoms with Crippen molar-refractivity contribution < 1.29 is 14.0 Å². The molecular formula is C21H25FN2O2. The van der Waals surface area contributed by atoms with Crippen molar-refractivity contribution in [3.63, 3.8) is 0 Å². The highest BCUT2D eigenvalue weighted by atomic mass is 19.1. The van der Waals surface area contributed by atoms with E-state index in [1.54, 1.807) is 6.07 Å². The summed E-state index contributed by atoms with van der Waals surface area (Å²) in [5.41, 5.74) is 2.25. The molecule has 2 rings (SSSR count). The first-order chi connectivity index (χ1) is 12.4. The van der Waals surface area contributed by atoms with E-state index in [1.807, 2.05) is 39.0 Å². The van der Waals surface area contributed by atoms with Crippen molar-refractivity contribution in [1.82, 2.24) is 10.6 Å². The van der Waals surface area contributed by atoms with Crippen molar-refractivity contribution in [3.05, 3.63) is 71.0 Å². The molecule has 0 saturated heterocycles. The van der Waals surface area contributed by atoms with Crippen LogP contribution in [0.25, 0.3) is 0 Å².